The Morgan fingerprint density at radius 1 is 0.941 bits per heavy atom. The van der Waals surface area contributed by atoms with Crippen molar-refractivity contribution in [1.29, 1.82) is 0 Å². The van der Waals surface area contributed by atoms with Crippen LogP contribution in [0.3, 0.4) is 0 Å². The summed E-state index contributed by atoms with van der Waals surface area (Å²) in [7, 11) is 2.01. The van der Waals surface area contributed by atoms with Crippen molar-refractivity contribution in [2.45, 2.75) is 18.9 Å². The van der Waals surface area contributed by atoms with E-state index in [1.807, 2.05) is 60.5 Å². The summed E-state index contributed by atoms with van der Waals surface area (Å²) in [5.41, 5.74) is 7.46. The van der Waals surface area contributed by atoms with Crippen molar-refractivity contribution in [1.82, 2.24) is 14.1 Å². The maximum Gasteiger partial charge on any atom is 0.251 e. The van der Waals surface area contributed by atoms with Gasteiger partial charge in [-0.25, -0.2) is 4.98 Å². The van der Waals surface area contributed by atoms with Crippen molar-refractivity contribution in [2.75, 3.05) is 0 Å². The molecule has 6 rings (SSSR count). The van der Waals surface area contributed by atoms with E-state index in [9.17, 15) is 4.79 Å². The number of nitrogens with zero attached hydrogens (tertiary/aromatic N) is 3. The van der Waals surface area contributed by atoms with E-state index in [4.69, 9.17) is 23.2 Å². The minimum Gasteiger partial charge on any atom is -0.337 e. The van der Waals surface area contributed by atoms with Gasteiger partial charge in [-0.3, -0.25) is 4.79 Å². The topological polar surface area (TPSA) is 39.8 Å². The number of aryl methyl sites for hydroxylation is 3. The van der Waals surface area contributed by atoms with Gasteiger partial charge in [0.05, 0.1) is 17.8 Å². The fraction of sp³-hybridized carbons (Fsp3) is 0.143. The molecule has 0 saturated heterocycles. The summed E-state index contributed by atoms with van der Waals surface area (Å²) in [5, 5.41) is 2.42. The molecule has 0 fully saturated rings. The van der Waals surface area contributed by atoms with Crippen molar-refractivity contribution in [3.8, 4) is 11.1 Å². The normalized spacial score (nSPS) is 13.5. The first kappa shape index (κ1) is 21.2. The molecule has 0 N–H and O–H groups in total. The van der Waals surface area contributed by atoms with Gasteiger partial charge in [-0.2, -0.15) is 0 Å². The van der Waals surface area contributed by atoms with Gasteiger partial charge in [0.15, 0.2) is 0 Å². The number of halogens is 2. The zero-order valence-corrected chi connectivity index (χ0v) is 20.0. The van der Waals surface area contributed by atoms with Gasteiger partial charge >= 0.3 is 0 Å². The van der Waals surface area contributed by atoms with E-state index in [1.165, 1.54) is 5.56 Å². The molecule has 1 atom stereocenters. The predicted molar refractivity (Wildman–Crippen MR) is 138 cm³/mol. The Labute approximate surface area is 207 Å². The van der Waals surface area contributed by atoms with E-state index >= 15 is 0 Å². The molecular formula is C28H21Cl2N3O. The Kier molecular flexibility index (Phi) is 5.09. The highest BCUT2D eigenvalue weighted by Gasteiger charge is 2.25. The smallest absolute Gasteiger partial charge is 0.251 e. The van der Waals surface area contributed by atoms with Crippen LogP contribution in [0.5, 0.6) is 0 Å². The zero-order valence-electron chi connectivity index (χ0n) is 18.5. The van der Waals surface area contributed by atoms with Crippen LogP contribution in [0.4, 0.5) is 0 Å². The van der Waals surface area contributed by atoms with Crippen LogP contribution in [0.2, 0.25) is 10.0 Å². The molecule has 0 amide bonds. The third-order valence-corrected chi connectivity index (χ3v) is 7.22. The maximum atomic E-state index is 13.0. The number of aromatic nitrogens is 3. The minimum absolute atomic E-state index is 0.0230. The Balaban J connectivity index is 1.66. The van der Waals surface area contributed by atoms with Gasteiger partial charge in [0, 0.05) is 47.0 Å². The molecule has 0 aliphatic carbocycles. The summed E-state index contributed by atoms with van der Waals surface area (Å²) < 4.78 is 3.95. The number of benzene rings is 3. The van der Waals surface area contributed by atoms with Gasteiger partial charge in [0.1, 0.15) is 0 Å². The highest BCUT2D eigenvalue weighted by molar-refractivity contribution is 6.31. The van der Waals surface area contributed by atoms with Crippen LogP contribution >= 0.6 is 23.2 Å². The average molecular weight is 486 g/mol. The monoisotopic (exact) mass is 485 g/mol. The minimum atomic E-state index is -0.0291. The fourth-order valence-electron chi connectivity index (χ4n) is 5.17. The van der Waals surface area contributed by atoms with Crippen LogP contribution in [0, 0.1) is 0 Å². The lowest BCUT2D eigenvalue weighted by Gasteiger charge is -2.21. The third kappa shape index (κ3) is 3.46. The summed E-state index contributed by atoms with van der Waals surface area (Å²) >= 11 is 12.5. The molecule has 168 valence electrons. The highest BCUT2D eigenvalue weighted by atomic mass is 35.5. The molecule has 0 spiro atoms. The third-order valence-electron chi connectivity index (χ3n) is 6.73. The first-order chi connectivity index (χ1) is 16.5. The predicted octanol–water partition coefficient (Wildman–Crippen LogP) is 6.45. The van der Waals surface area contributed by atoms with E-state index in [1.54, 1.807) is 6.07 Å². The summed E-state index contributed by atoms with van der Waals surface area (Å²) in [6, 6.07) is 21.9. The molecule has 34 heavy (non-hydrogen) atoms. The van der Waals surface area contributed by atoms with Gasteiger partial charge in [0.25, 0.3) is 5.56 Å². The second-order valence-corrected chi connectivity index (χ2v) is 9.67. The van der Waals surface area contributed by atoms with Gasteiger partial charge < -0.3 is 9.13 Å². The van der Waals surface area contributed by atoms with Crippen LogP contribution in [0.25, 0.3) is 22.0 Å². The lowest BCUT2D eigenvalue weighted by Crippen LogP contribution is -2.17. The van der Waals surface area contributed by atoms with Gasteiger partial charge in [0.2, 0.25) is 0 Å². The molecule has 0 bridgehead atoms. The molecule has 3 heterocycles. The van der Waals surface area contributed by atoms with Crippen LogP contribution in [0.1, 0.15) is 28.3 Å². The second kappa shape index (κ2) is 8.15. The van der Waals surface area contributed by atoms with Crippen LogP contribution in [-0.2, 0) is 20.0 Å². The molecule has 2 aromatic heterocycles. The molecule has 1 aliphatic heterocycles. The van der Waals surface area contributed by atoms with E-state index < -0.39 is 0 Å². The fourth-order valence-corrected chi connectivity index (χ4v) is 5.49. The van der Waals surface area contributed by atoms with Crippen LogP contribution < -0.4 is 5.56 Å². The quantitative estimate of drug-likeness (QED) is 0.293. The van der Waals surface area contributed by atoms with Crippen LogP contribution in [0.15, 0.2) is 84.0 Å². The summed E-state index contributed by atoms with van der Waals surface area (Å²) in [5.74, 6) is -0.0291. The number of rotatable bonds is 4. The molecule has 3 aromatic carbocycles. The Morgan fingerprint density at radius 2 is 1.76 bits per heavy atom. The average Bonchev–Trinajstić information content (AvgIpc) is 3.45. The van der Waals surface area contributed by atoms with Crippen molar-refractivity contribution in [2.24, 2.45) is 7.05 Å². The molecule has 1 aliphatic rings. The molecule has 1 unspecified atom stereocenters. The number of imidazole rings is 1. The lowest BCUT2D eigenvalue weighted by molar-refractivity contribution is 0.742. The summed E-state index contributed by atoms with van der Waals surface area (Å²) in [6.07, 6.45) is 4.58. The van der Waals surface area contributed by atoms with Gasteiger partial charge in [-0.1, -0.05) is 53.5 Å². The van der Waals surface area contributed by atoms with Crippen LogP contribution in [-0.4, -0.2) is 14.1 Å². The molecule has 5 aromatic rings. The van der Waals surface area contributed by atoms with Crippen molar-refractivity contribution in [3.63, 3.8) is 0 Å². The molecule has 6 heteroatoms. The van der Waals surface area contributed by atoms with E-state index in [0.29, 0.717) is 16.6 Å². The first-order valence-electron chi connectivity index (χ1n) is 11.2. The number of hydrogen-bond donors (Lipinski definition) is 0. The Bertz CT molecular complexity index is 1620. The summed E-state index contributed by atoms with van der Waals surface area (Å²) in [6.45, 7) is 0.696. The van der Waals surface area contributed by atoms with E-state index in [-0.39, 0.29) is 11.5 Å². The first-order valence-corrected chi connectivity index (χ1v) is 11.9. The largest absolute Gasteiger partial charge is 0.337 e. The van der Waals surface area contributed by atoms with E-state index in [0.717, 1.165) is 45.3 Å². The molecule has 4 nitrogen and oxygen atoms in total. The van der Waals surface area contributed by atoms with Gasteiger partial charge in [-0.15, -0.1) is 0 Å². The lowest BCUT2D eigenvalue weighted by atomic mass is 9.85. The zero-order chi connectivity index (χ0) is 23.4. The van der Waals surface area contributed by atoms with Crippen molar-refractivity contribution >= 4 is 34.1 Å². The van der Waals surface area contributed by atoms with Gasteiger partial charge in [-0.05, 0) is 64.6 Å². The molecule has 0 saturated carbocycles. The number of hydrogen-bond acceptors (Lipinski definition) is 2. The Morgan fingerprint density at radius 3 is 2.50 bits per heavy atom. The SMILES string of the molecule is Cn1cncc1C(c1ccc(Cl)cc1)c1cc2c3c(c1)c(-c1cccc(Cl)c1)cc(=O)n3CC2. The van der Waals surface area contributed by atoms with Crippen molar-refractivity contribution < 1.29 is 0 Å². The van der Waals surface area contributed by atoms with E-state index in [2.05, 4.69) is 33.8 Å². The van der Waals surface area contributed by atoms with Crippen molar-refractivity contribution in [3.05, 3.63) is 122 Å². The second-order valence-electron chi connectivity index (χ2n) is 8.80. The Hall–Kier alpha value is -3.34. The highest BCUT2D eigenvalue weighted by Crippen LogP contribution is 2.39. The molecule has 0 radical (unpaired) electrons. The standard InChI is InChI=1S/C28H21Cl2N3O/c1-32-16-31-15-25(32)27(17-5-7-21(29)8-6-17)20-11-19-9-10-33-26(34)14-23(24(13-20)28(19)33)18-3-2-4-22(30)12-18/h2-8,11-16,27H,9-10H2,1H3. The maximum absolute atomic E-state index is 13.0. The number of pyridine rings is 1. The molecular weight excluding hydrogens is 465 g/mol. The summed E-state index contributed by atoms with van der Waals surface area (Å²) in [4.78, 5) is 17.4.